The van der Waals surface area contributed by atoms with Gasteiger partial charge in [0.1, 0.15) is 42.0 Å². The van der Waals surface area contributed by atoms with Crippen molar-refractivity contribution in [3.05, 3.63) is 17.7 Å². The Kier molecular flexibility index (Phi) is 3.55. The number of rotatable bonds is 3. The van der Waals surface area contributed by atoms with Gasteiger partial charge in [0.2, 0.25) is 0 Å². The van der Waals surface area contributed by atoms with Gasteiger partial charge in [0.15, 0.2) is 0 Å². The van der Waals surface area contributed by atoms with Gasteiger partial charge in [-0.05, 0) is 0 Å². The van der Waals surface area contributed by atoms with Crippen molar-refractivity contribution in [2.24, 2.45) is 5.73 Å². The van der Waals surface area contributed by atoms with Crippen LogP contribution in [0.5, 0.6) is 0 Å². The second kappa shape index (κ2) is 4.99. The predicted octanol–water partition coefficient (Wildman–Crippen LogP) is -2.34. The van der Waals surface area contributed by atoms with Gasteiger partial charge in [-0.15, -0.1) is 6.42 Å². The van der Waals surface area contributed by atoms with Crippen molar-refractivity contribution in [1.29, 1.82) is 0 Å². The number of aromatic nitrogens is 2. The van der Waals surface area contributed by atoms with Crippen molar-refractivity contribution in [2.45, 2.75) is 30.5 Å². The maximum Gasteiger partial charge on any atom is 0.268 e. The van der Waals surface area contributed by atoms with E-state index in [9.17, 15) is 20.1 Å². The van der Waals surface area contributed by atoms with E-state index in [-0.39, 0.29) is 11.5 Å². The Labute approximate surface area is 108 Å². The Morgan fingerprint density at radius 1 is 1.58 bits per heavy atom. The lowest BCUT2D eigenvalue weighted by Gasteiger charge is -2.15. The topological polar surface area (TPSA) is 142 Å². The SMILES string of the molecule is C#CC(O)[C@H]1O[C@@H](c2nc(C(N)=O)c[nH]2)[C@H](O)[C@@H]1O. The van der Waals surface area contributed by atoms with E-state index < -0.39 is 36.4 Å². The number of hydrogen-bond acceptors (Lipinski definition) is 6. The standard InChI is InChI=1S/C11H13N3O5/c1-2-5(15)8-6(16)7(17)9(19-8)11-13-3-4(14-11)10(12)18/h1,3,5-9,15-17H,(H2,12,18)(H,13,14)/t5?,6-,7+,8+,9+/m0/s1. The van der Waals surface area contributed by atoms with E-state index in [2.05, 4.69) is 9.97 Å². The zero-order valence-electron chi connectivity index (χ0n) is 9.72. The molecule has 8 heteroatoms. The third kappa shape index (κ3) is 2.32. The average molecular weight is 267 g/mol. The van der Waals surface area contributed by atoms with E-state index in [0.717, 1.165) is 0 Å². The van der Waals surface area contributed by atoms with E-state index in [1.807, 2.05) is 5.92 Å². The number of aromatic amines is 1. The Morgan fingerprint density at radius 3 is 2.79 bits per heavy atom. The fraction of sp³-hybridized carbons (Fsp3) is 0.455. The number of aliphatic hydroxyl groups is 3. The van der Waals surface area contributed by atoms with Crippen LogP contribution in [0.3, 0.4) is 0 Å². The highest BCUT2D eigenvalue weighted by Crippen LogP contribution is 2.33. The first kappa shape index (κ1) is 13.5. The minimum Gasteiger partial charge on any atom is -0.387 e. The van der Waals surface area contributed by atoms with Crippen molar-refractivity contribution in [2.75, 3.05) is 0 Å². The van der Waals surface area contributed by atoms with Gasteiger partial charge in [0, 0.05) is 6.20 Å². The number of aliphatic hydroxyl groups excluding tert-OH is 3. The number of primary amides is 1. The molecule has 0 spiro atoms. The van der Waals surface area contributed by atoms with Crippen molar-refractivity contribution in [3.63, 3.8) is 0 Å². The lowest BCUT2D eigenvalue weighted by molar-refractivity contribution is -0.0473. The fourth-order valence-corrected chi connectivity index (χ4v) is 1.89. The molecule has 2 heterocycles. The number of nitrogens with one attached hydrogen (secondary N) is 1. The minimum absolute atomic E-state index is 0.0266. The Hall–Kier alpha value is -1.92. The molecular formula is C11H13N3O5. The van der Waals surface area contributed by atoms with Crippen molar-refractivity contribution < 1.29 is 24.9 Å². The van der Waals surface area contributed by atoms with Crippen LogP contribution in [0.15, 0.2) is 6.20 Å². The third-order valence-corrected chi connectivity index (χ3v) is 2.90. The fourth-order valence-electron chi connectivity index (χ4n) is 1.89. The van der Waals surface area contributed by atoms with Crippen LogP contribution in [-0.4, -0.2) is 55.6 Å². The summed E-state index contributed by atoms with van der Waals surface area (Å²) in [6.07, 6.45) is 0.0643. The highest BCUT2D eigenvalue weighted by molar-refractivity contribution is 5.90. The molecule has 0 bridgehead atoms. The van der Waals surface area contributed by atoms with Crippen molar-refractivity contribution >= 4 is 5.91 Å². The van der Waals surface area contributed by atoms with Crippen LogP contribution in [0, 0.1) is 12.3 Å². The van der Waals surface area contributed by atoms with Crippen molar-refractivity contribution in [1.82, 2.24) is 9.97 Å². The van der Waals surface area contributed by atoms with Gasteiger partial charge in [0.25, 0.3) is 5.91 Å². The zero-order valence-corrected chi connectivity index (χ0v) is 9.72. The van der Waals surface area contributed by atoms with E-state index in [4.69, 9.17) is 16.9 Å². The van der Waals surface area contributed by atoms with Crippen molar-refractivity contribution in [3.8, 4) is 12.3 Å². The first-order valence-corrected chi connectivity index (χ1v) is 5.46. The lowest BCUT2D eigenvalue weighted by atomic mass is 10.0. The summed E-state index contributed by atoms with van der Waals surface area (Å²) in [6, 6.07) is 0. The van der Waals surface area contributed by atoms with Gasteiger partial charge in [0.05, 0.1) is 0 Å². The molecule has 1 aliphatic rings. The molecule has 2 rings (SSSR count). The quantitative estimate of drug-likeness (QED) is 0.389. The number of ether oxygens (including phenoxy) is 1. The monoisotopic (exact) mass is 267 g/mol. The van der Waals surface area contributed by atoms with E-state index >= 15 is 0 Å². The zero-order chi connectivity index (χ0) is 14.2. The Morgan fingerprint density at radius 2 is 2.26 bits per heavy atom. The molecule has 1 amide bonds. The van der Waals surface area contributed by atoms with Crippen LogP contribution in [0.1, 0.15) is 22.4 Å². The number of terminal acetylenes is 1. The number of nitrogens with two attached hydrogens (primary N) is 1. The van der Waals surface area contributed by atoms with Gasteiger partial charge in [-0.1, -0.05) is 5.92 Å². The number of carbonyl (C=O) groups is 1. The summed E-state index contributed by atoms with van der Waals surface area (Å²) >= 11 is 0. The van der Waals surface area contributed by atoms with Gasteiger partial charge < -0.3 is 30.8 Å². The van der Waals surface area contributed by atoms with Crippen LogP contribution in [0.4, 0.5) is 0 Å². The summed E-state index contributed by atoms with van der Waals surface area (Å²) in [5.41, 5.74) is 5.02. The summed E-state index contributed by atoms with van der Waals surface area (Å²) in [4.78, 5) is 17.4. The van der Waals surface area contributed by atoms with Gasteiger partial charge in [-0.25, -0.2) is 4.98 Å². The van der Waals surface area contributed by atoms with Crippen LogP contribution < -0.4 is 5.73 Å². The molecule has 8 nitrogen and oxygen atoms in total. The molecule has 1 aliphatic heterocycles. The second-order valence-electron chi connectivity index (χ2n) is 4.15. The molecule has 0 aliphatic carbocycles. The third-order valence-electron chi connectivity index (χ3n) is 2.90. The molecule has 1 aromatic heterocycles. The van der Waals surface area contributed by atoms with E-state index in [1.165, 1.54) is 6.20 Å². The molecule has 102 valence electrons. The average Bonchev–Trinajstić information content (AvgIpc) is 2.96. The van der Waals surface area contributed by atoms with Crippen LogP contribution in [-0.2, 0) is 4.74 Å². The molecule has 1 unspecified atom stereocenters. The summed E-state index contributed by atoms with van der Waals surface area (Å²) < 4.78 is 5.28. The Bertz CT molecular complexity index is 523. The number of imidazole rings is 1. The number of nitrogens with zero attached hydrogens (tertiary/aromatic N) is 1. The molecule has 0 saturated carbocycles. The summed E-state index contributed by atoms with van der Waals surface area (Å²) in [7, 11) is 0. The highest BCUT2D eigenvalue weighted by atomic mass is 16.6. The number of carbonyl (C=O) groups excluding carboxylic acids is 1. The van der Waals surface area contributed by atoms with Gasteiger partial charge in [-0.3, -0.25) is 4.79 Å². The highest BCUT2D eigenvalue weighted by Gasteiger charge is 2.47. The number of H-pyrrole nitrogens is 1. The lowest BCUT2D eigenvalue weighted by Crippen LogP contribution is -2.37. The first-order valence-electron chi connectivity index (χ1n) is 5.46. The van der Waals surface area contributed by atoms with Gasteiger partial charge >= 0.3 is 0 Å². The number of amides is 1. The molecular weight excluding hydrogens is 254 g/mol. The van der Waals surface area contributed by atoms with Gasteiger partial charge in [-0.2, -0.15) is 0 Å². The van der Waals surface area contributed by atoms with E-state index in [0.29, 0.717) is 0 Å². The molecule has 0 radical (unpaired) electrons. The summed E-state index contributed by atoms with van der Waals surface area (Å²) in [5, 5.41) is 29.1. The largest absolute Gasteiger partial charge is 0.387 e. The molecule has 6 N–H and O–H groups in total. The molecule has 0 aromatic carbocycles. The maximum atomic E-state index is 10.9. The summed E-state index contributed by atoms with van der Waals surface area (Å²) in [6.45, 7) is 0. The Balaban J connectivity index is 2.21. The minimum atomic E-state index is -1.36. The second-order valence-corrected chi connectivity index (χ2v) is 4.15. The first-order chi connectivity index (χ1) is 8.95. The molecule has 19 heavy (non-hydrogen) atoms. The van der Waals surface area contributed by atoms with Crippen LogP contribution in [0.2, 0.25) is 0 Å². The maximum absolute atomic E-state index is 10.9. The van der Waals surface area contributed by atoms with Crippen LogP contribution >= 0.6 is 0 Å². The molecule has 1 fully saturated rings. The van der Waals surface area contributed by atoms with Crippen LogP contribution in [0.25, 0.3) is 0 Å². The van der Waals surface area contributed by atoms with E-state index in [1.54, 1.807) is 0 Å². The number of hydrogen-bond donors (Lipinski definition) is 5. The summed E-state index contributed by atoms with van der Waals surface area (Å²) in [5.74, 6) is 1.39. The molecule has 1 saturated heterocycles. The molecule has 5 atom stereocenters. The smallest absolute Gasteiger partial charge is 0.268 e. The normalized spacial score (nSPS) is 31.9. The molecule has 1 aromatic rings. The predicted molar refractivity (Wildman–Crippen MR) is 61.6 cm³/mol.